The summed E-state index contributed by atoms with van der Waals surface area (Å²) in [6, 6.07) is 5.98. The van der Waals surface area contributed by atoms with Crippen LogP contribution in [0.25, 0.3) is 0 Å². The van der Waals surface area contributed by atoms with Crippen molar-refractivity contribution in [1.29, 1.82) is 0 Å². The van der Waals surface area contributed by atoms with E-state index in [2.05, 4.69) is 21.2 Å². The summed E-state index contributed by atoms with van der Waals surface area (Å²) in [4.78, 5) is 11.8. The van der Waals surface area contributed by atoms with Crippen LogP contribution in [0.2, 0.25) is 0 Å². The van der Waals surface area contributed by atoms with Crippen LogP contribution in [0.4, 0.5) is 0 Å². The third-order valence-electron chi connectivity index (χ3n) is 3.03. The molecule has 1 unspecified atom stereocenters. The van der Waals surface area contributed by atoms with Gasteiger partial charge in [-0.1, -0.05) is 29.8 Å². The first kappa shape index (κ1) is 18.1. The van der Waals surface area contributed by atoms with E-state index in [-0.39, 0.29) is 29.1 Å². The van der Waals surface area contributed by atoms with Gasteiger partial charge in [0.1, 0.15) is 6.04 Å². The quantitative estimate of drug-likeness (QED) is 0.735. The highest BCUT2D eigenvalue weighted by molar-refractivity contribution is 9.10. The molecule has 0 aliphatic rings. The summed E-state index contributed by atoms with van der Waals surface area (Å²) in [5, 5.41) is 2.94. The van der Waals surface area contributed by atoms with Gasteiger partial charge in [-0.3, -0.25) is 4.79 Å². The van der Waals surface area contributed by atoms with Crippen molar-refractivity contribution in [2.75, 3.05) is 19.4 Å². The molecule has 1 atom stereocenters. The van der Waals surface area contributed by atoms with E-state index in [9.17, 15) is 13.2 Å². The lowest BCUT2D eigenvalue weighted by Gasteiger charge is -2.19. The van der Waals surface area contributed by atoms with Gasteiger partial charge in [0, 0.05) is 11.0 Å². The molecule has 0 heterocycles. The summed E-state index contributed by atoms with van der Waals surface area (Å²) >= 11 is 3.27. The zero-order valence-corrected chi connectivity index (χ0v) is 14.7. The molecule has 0 bridgehead atoms. The van der Waals surface area contributed by atoms with Gasteiger partial charge in [-0.2, -0.15) is 0 Å². The number of sulfone groups is 1. The number of benzene rings is 1. The lowest BCUT2D eigenvalue weighted by Crippen LogP contribution is -2.43. The molecular weight excluding hydrogens is 358 g/mol. The molecule has 118 valence electrons. The Morgan fingerprint density at radius 1 is 1.29 bits per heavy atom. The molecule has 0 aliphatic heterocycles. The molecule has 1 N–H and O–H groups in total. The van der Waals surface area contributed by atoms with Crippen molar-refractivity contribution in [3.63, 3.8) is 0 Å². The van der Waals surface area contributed by atoms with Crippen molar-refractivity contribution in [3.8, 4) is 0 Å². The van der Waals surface area contributed by atoms with Crippen LogP contribution in [0.5, 0.6) is 0 Å². The smallest absolute Gasteiger partial charge is 0.323 e. The Morgan fingerprint density at radius 3 is 2.33 bits per heavy atom. The largest absolute Gasteiger partial charge is 0.468 e. The molecule has 21 heavy (non-hydrogen) atoms. The molecule has 1 aromatic carbocycles. The summed E-state index contributed by atoms with van der Waals surface area (Å²) in [6.07, 6.45) is 0. The number of hydrogen-bond acceptors (Lipinski definition) is 5. The Balaban J connectivity index is 2.65. The number of ether oxygens (including phenoxy) is 1. The first-order chi connectivity index (χ1) is 9.77. The molecular formula is C14H20BrNO4S. The lowest BCUT2D eigenvalue weighted by atomic mass is 10.1. The monoisotopic (exact) mass is 377 g/mol. The molecule has 0 radical (unpaired) electrons. The minimum absolute atomic E-state index is 0.0211. The highest BCUT2D eigenvalue weighted by Gasteiger charge is 2.23. The van der Waals surface area contributed by atoms with Crippen molar-refractivity contribution < 1.29 is 17.9 Å². The average Bonchev–Trinajstić information content (AvgIpc) is 2.43. The summed E-state index contributed by atoms with van der Waals surface area (Å²) in [5.74, 6) is -0.437. The van der Waals surface area contributed by atoms with Gasteiger partial charge in [-0.25, -0.2) is 8.42 Å². The number of esters is 1. The molecule has 0 aromatic heterocycles. The molecule has 0 amide bonds. The van der Waals surface area contributed by atoms with Gasteiger partial charge < -0.3 is 10.1 Å². The van der Waals surface area contributed by atoms with E-state index in [0.717, 1.165) is 4.47 Å². The topological polar surface area (TPSA) is 72.5 Å². The second-order valence-electron chi connectivity index (χ2n) is 4.97. The number of carbonyl (C=O) groups excluding carboxylic acids is 1. The predicted octanol–water partition coefficient (Wildman–Crippen LogP) is 2.01. The summed E-state index contributed by atoms with van der Waals surface area (Å²) in [6.45, 7) is 3.94. The van der Waals surface area contributed by atoms with Crippen molar-refractivity contribution >= 4 is 31.7 Å². The van der Waals surface area contributed by atoms with Crippen molar-refractivity contribution in [1.82, 2.24) is 5.32 Å². The van der Waals surface area contributed by atoms with Crippen molar-refractivity contribution in [2.24, 2.45) is 5.92 Å². The molecule has 5 nitrogen and oxygen atoms in total. The fourth-order valence-electron chi connectivity index (χ4n) is 1.83. The van der Waals surface area contributed by atoms with Gasteiger partial charge in [-0.15, -0.1) is 0 Å². The first-order valence-corrected chi connectivity index (χ1v) is 9.02. The summed E-state index contributed by atoms with van der Waals surface area (Å²) in [7, 11) is -2.05. The number of hydrogen-bond donors (Lipinski definition) is 1. The van der Waals surface area contributed by atoms with Crippen LogP contribution >= 0.6 is 15.9 Å². The maximum absolute atomic E-state index is 12.2. The second-order valence-corrected chi connectivity index (χ2v) is 8.00. The van der Waals surface area contributed by atoms with Gasteiger partial charge in [0.05, 0.1) is 17.8 Å². The van der Waals surface area contributed by atoms with Gasteiger partial charge in [-0.05, 0) is 30.2 Å². The van der Waals surface area contributed by atoms with Crippen LogP contribution < -0.4 is 5.32 Å². The van der Waals surface area contributed by atoms with Gasteiger partial charge in [0.15, 0.2) is 9.84 Å². The van der Waals surface area contributed by atoms with Crippen LogP contribution in [0.3, 0.4) is 0 Å². The van der Waals surface area contributed by atoms with Crippen molar-refractivity contribution in [3.05, 3.63) is 28.7 Å². The minimum atomic E-state index is -3.37. The Labute approximate surface area is 134 Å². The zero-order chi connectivity index (χ0) is 16.0. The highest BCUT2D eigenvalue weighted by atomic mass is 79.9. The Kier molecular flexibility index (Phi) is 6.83. The number of carbonyl (C=O) groups is 1. The van der Waals surface area contributed by atoms with Gasteiger partial charge in [0.25, 0.3) is 0 Å². The number of rotatable bonds is 7. The fourth-order valence-corrected chi connectivity index (χ4v) is 3.26. The molecule has 1 rings (SSSR count). The third kappa shape index (κ3) is 5.41. The predicted molar refractivity (Wildman–Crippen MR) is 84.8 cm³/mol. The Bertz CT molecular complexity index is 569. The Morgan fingerprint density at radius 2 is 1.86 bits per heavy atom. The summed E-state index contributed by atoms with van der Waals surface area (Å²) < 4.78 is 29.8. The van der Waals surface area contributed by atoms with Gasteiger partial charge in [0.2, 0.25) is 0 Å². The average molecular weight is 378 g/mol. The van der Waals surface area contributed by atoms with E-state index >= 15 is 0 Å². The normalized spacial score (nSPS) is 13.2. The standard InChI is InChI=1S/C14H20BrNO4S/c1-10(2)13(14(17)20-3)16-8-9-21(18,19)12-6-4-11(15)5-7-12/h4-7,10,13,16H,8-9H2,1-3H3. The fraction of sp³-hybridized carbons (Fsp3) is 0.500. The lowest BCUT2D eigenvalue weighted by molar-refractivity contribution is -0.144. The van der Waals surface area contributed by atoms with Crippen LogP contribution in [0.15, 0.2) is 33.6 Å². The first-order valence-electron chi connectivity index (χ1n) is 6.57. The van der Waals surface area contributed by atoms with Crippen LogP contribution in [0, 0.1) is 5.92 Å². The van der Waals surface area contributed by atoms with Crippen LogP contribution in [-0.2, 0) is 19.4 Å². The maximum Gasteiger partial charge on any atom is 0.323 e. The zero-order valence-electron chi connectivity index (χ0n) is 12.3. The SMILES string of the molecule is COC(=O)C(NCCS(=O)(=O)c1ccc(Br)cc1)C(C)C. The van der Waals surface area contributed by atoms with E-state index in [4.69, 9.17) is 4.74 Å². The Hall–Kier alpha value is -0.920. The van der Waals surface area contributed by atoms with Crippen molar-refractivity contribution in [2.45, 2.75) is 24.8 Å². The maximum atomic E-state index is 12.2. The number of methoxy groups -OCH3 is 1. The second kappa shape index (κ2) is 7.91. The van der Waals surface area contributed by atoms with E-state index in [0.29, 0.717) is 0 Å². The molecule has 0 fully saturated rings. The molecule has 0 saturated heterocycles. The number of nitrogens with one attached hydrogen (secondary N) is 1. The third-order valence-corrected chi connectivity index (χ3v) is 5.29. The van der Waals surface area contributed by atoms with Crippen LogP contribution in [-0.4, -0.2) is 39.8 Å². The number of halogens is 1. The molecule has 1 aromatic rings. The minimum Gasteiger partial charge on any atom is -0.468 e. The molecule has 7 heteroatoms. The van der Waals surface area contributed by atoms with Crippen LogP contribution in [0.1, 0.15) is 13.8 Å². The summed E-state index contributed by atoms with van der Waals surface area (Å²) in [5.41, 5.74) is 0. The molecule has 0 spiro atoms. The van der Waals surface area contributed by atoms with E-state index in [1.54, 1.807) is 24.3 Å². The highest BCUT2D eigenvalue weighted by Crippen LogP contribution is 2.15. The van der Waals surface area contributed by atoms with E-state index < -0.39 is 15.9 Å². The molecule has 0 saturated carbocycles. The van der Waals surface area contributed by atoms with E-state index in [1.165, 1.54) is 7.11 Å². The van der Waals surface area contributed by atoms with Gasteiger partial charge >= 0.3 is 5.97 Å². The molecule has 0 aliphatic carbocycles. The van der Waals surface area contributed by atoms with E-state index in [1.807, 2.05) is 13.8 Å².